The third-order valence-corrected chi connectivity index (χ3v) is 9.15. The summed E-state index contributed by atoms with van der Waals surface area (Å²) in [5, 5.41) is 6.85. The normalized spacial score (nSPS) is 25.2. The number of hydrogen-bond acceptors (Lipinski definition) is 6. The van der Waals surface area contributed by atoms with E-state index in [4.69, 9.17) is 17.3 Å². The standard InChI is InChI=1S/C27H23ClF3N7O/c1-37-18-7-6-13(21(28)20(18)27(30,31)25(37)39)22-23-24(36-35-22)34-19(10-33-23)38-9-8-14-16(11-38)26(14,12-32)15-4-2-3-5-17(15)29/h2-7,10,14,16H,8-9,11-12,32H2,1H3,(H,34,35,36)/t14-,16+,26-/m1/s1. The molecule has 7 rings (SSSR count). The van der Waals surface area contributed by atoms with Gasteiger partial charge in [-0.15, -0.1) is 0 Å². The van der Waals surface area contributed by atoms with Crippen molar-refractivity contribution in [1.82, 2.24) is 20.2 Å². The first-order valence-electron chi connectivity index (χ1n) is 12.6. The molecule has 1 aliphatic carbocycles. The first-order valence-corrected chi connectivity index (χ1v) is 13.0. The summed E-state index contributed by atoms with van der Waals surface area (Å²) in [5.41, 5.74) is 7.27. The van der Waals surface area contributed by atoms with E-state index in [9.17, 15) is 18.0 Å². The maximum atomic E-state index is 14.7. The highest BCUT2D eigenvalue weighted by Crippen LogP contribution is 2.63. The molecular weight excluding hydrogens is 531 g/mol. The van der Waals surface area contributed by atoms with Crippen molar-refractivity contribution in [3.05, 3.63) is 64.6 Å². The van der Waals surface area contributed by atoms with Crippen LogP contribution in [0.2, 0.25) is 5.02 Å². The van der Waals surface area contributed by atoms with Crippen molar-refractivity contribution in [2.45, 2.75) is 17.8 Å². The fraction of sp³-hybridized carbons (Fsp3) is 0.333. The number of hydrogen-bond donors (Lipinski definition) is 2. The Morgan fingerprint density at radius 1 is 1.21 bits per heavy atom. The van der Waals surface area contributed by atoms with Crippen molar-refractivity contribution in [1.29, 1.82) is 0 Å². The summed E-state index contributed by atoms with van der Waals surface area (Å²) in [6.07, 6.45) is 2.46. The van der Waals surface area contributed by atoms with Crippen molar-refractivity contribution in [2.75, 3.05) is 36.5 Å². The number of benzene rings is 2. The van der Waals surface area contributed by atoms with E-state index < -0.39 is 17.4 Å². The Bertz CT molecular complexity index is 1680. The molecule has 2 aliphatic heterocycles. The SMILES string of the molecule is CN1C(=O)C(F)(F)c2c1ccc(-c1[nH]nc3nc(N4CC[C@@H]5[C@H](C4)[C@@]5(CN)c4ccccc4F)cnc13)c2Cl. The highest BCUT2D eigenvalue weighted by Gasteiger charge is 2.66. The van der Waals surface area contributed by atoms with Crippen LogP contribution in [0.1, 0.15) is 17.5 Å². The minimum absolute atomic E-state index is 0.0587. The topological polar surface area (TPSA) is 104 Å². The molecule has 3 aliphatic rings. The largest absolute Gasteiger partial charge is 0.355 e. The summed E-state index contributed by atoms with van der Waals surface area (Å²) >= 11 is 6.44. The number of nitrogens with one attached hydrogen (secondary N) is 1. The monoisotopic (exact) mass is 553 g/mol. The maximum absolute atomic E-state index is 14.7. The van der Waals surface area contributed by atoms with E-state index >= 15 is 0 Å². The number of piperidine rings is 1. The van der Waals surface area contributed by atoms with Gasteiger partial charge in [-0.2, -0.15) is 13.9 Å². The summed E-state index contributed by atoms with van der Waals surface area (Å²) in [4.78, 5) is 24.3. The molecule has 0 bridgehead atoms. The van der Waals surface area contributed by atoms with E-state index in [0.717, 1.165) is 11.3 Å². The number of halogens is 4. The molecule has 4 aromatic rings. The van der Waals surface area contributed by atoms with Gasteiger partial charge in [0.15, 0.2) is 0 Å². The first-order chi connectivity index (χ1) is 18.7. The Balaban J connectivity index is 1.20. The average molecular weight is 554 g/mol. The number of fused-ring (bicyclic) bond motifs is 3. The molecule has 12 heteroatoms. The number of H-pyrrole nitrogens is 1. The van der Waals surface area contributed by atoms with E-state index in [1.54, 1.807) is 18.3 Å². The van der Waals surface area contributed by atoms with Crippen LogP contribution in [0.4, 0.5) is 24.7 Å². The van der Waals surface area contributed by atoms with Gasteiger partial charge < -0.3 is 15.5 Å². The van der Waals surface area contributed by atoms with Gasteiger partial charge in [0, 0.05) is 37.7 Å². The Morgan fingerprint density at radius 3 is 2.77 bits per heavy atom. The number of aromatic amines is 1. The van der Waals surface area contributed by atoms with Gasteiger partial charge in [0.25, 0.3) is 0 Å². The zero-order valence-corrected chi connectivity index (χ0v) is 21.5. The van der Waals surface area contributed by atoms with Crippen molar-refractivity contribution in [3.63, 3.8) is 0 Å². The van der Waals surface area contributed by atoms with Gasteiger partial charge >= 0.3 is 11.8 Å². The maximum Gasteiger partial charge on any atom is 0.353 e. The van der Waals surface area contributed by atoms with Gasteiger partial charge in [-0.05, 0) is 42.0 Å². The quantitative estimate of drug-likeness (QED) is 0.392. The Morgan fingerprint density at radius 2 is 2.00 bits per heavy atom. The molecule has 1 saturated heterocycles. The molecule has 3 N–H and O–H groups in total. The lowest BCUT2D eigenvalue weighted by Gasteiger charge is -2.26. The van der Waals surface area contributed by atoms with Crippen molar-refractivity contribution in [3.8, 4) is 11.3 Å². The number of aromatic nitrogens is 4. The van der Waals surface area contributed by atoms with Gasteiger partial charge in [0.1, 0.15) is 17.2 Å². The van der Waals surface area contributed by atoms with E-state index in [1.165, 1.54) is 19.2 Å². The molecule has 39 heavy (non-hydrogen) atoms. The molecule has 2 fully saturated rings. The number of nitrogens with zero attached hydrogens (tertiary/aromatic N) is 5. The highest BCUT2D eigenvalue weighted by molar-refractivity contribution is 6.36. The number of rotatable bonds is 4. The van der Waals surface area contributed by atoms with Crippen LogP contribution in [-0.2, 0) is 16.1 Å². The van der Waals surface area contributed by atoms with Gasteiger partial charge in [0.05, 0.1) is 28.2 Å². The molecule has 1 amide bonds. The van der Waals surface area contributed by atoms with Crippen molar-refractivity contribution >= 4 is 40.2 Å². The zero-order chi connectivity index (χ0) is 27.3. The molecule has 1 saturated carbocycles. The van der Waals surface area contributed by atoms with Gasteiger partial charge in [-0.3, -0.25) is 9.89 Å². The van der Waals surface area contributed by atoms with Crippen LogP contribution in [0.5, 0.6) is 0 Å². The molecule has 3 atom stereocenters. The second-order valence-corrected chi connectivity index (χ2v) is 10.8. The zero-order valence-electron chi connectivity index (χ0n) is 20.8. The van der Waals surface area contributed by atoms with Crippen LogP contribution in [0.25, 0.3) is 22.4 Å². The second kappa shape index (κ2) is 8.15. The number of alkyl halides is 2. The number of likely N-dealkylation sites (N-methyl/N-ethyl adjacent to an activating group) is 1. The van der Waals surface area contributed by atoms with Crippen LogP contribution in [0, 0.1) is 17.7 Å². The lowest BCUT2D eigenvalue weighted by molar-refractivity contribution is -0.141. The lowest BCUT2D eigenvalue weighted by atomic mass is 9.91. The van der Waals surface area contributed by atoms with Crippen LogP contribution >= 0.6 is 11.6 Å². The lowest BCUT2D eigenvalue weighted by Crippen LogP contribution is -2.32. The first kappa shape index (κ1) is 24.3. The van der Waals surface area contributed by atoms with Crippen LogP contribution in [-0.4, -0.2) is 52.8 Å². The smallest absolute Gasteiger partial charge is 0.353 e. The van der Waals surface area contributed by atoms with E-state index in [-0.39, 0.29) is 33.4 Å². The third kappa shape index (κ3) is 3.17. The molecule has 200 valence electrons. The highest BCUT2D eigenvalue weighted by atomic mass is 35.5. The Kier molecular flexibility index (Phi) is 5.09. The summed E-state index contributed by atoms with van der Waals surface area (Å²) in [6, 6.07) is 9.83. The van der Waals surface area contributed by atoms with Gasteiger partial charge in [0.2, 0.25) is 5.65 Å². The second-order valence-electron chi connectivity index (χ2n) is 10.4. The summed E-state index contributed by atoms with van der Waals surface area (Å²) in [7, 11) is 1.29. The van der Waals surface area contributed by atoms with E-state index in [2.05, 4.69) is 25.1 Å². The number of nitrogens with two attached hydrogens (primary N) is 1. The van der Waals surface area contributed by atoms with Crippen molar-refractivity contribution in [2.24, 2.45) is 17.6 Å². The predicted octanol–water partition coefficient (Wildman–Crippen LogP) is 4.23. The summed E-state index contributed by atoms with van der Waals surface area (Å²) < 4.78 is 44.1. The summed E-state index contributed by atoms with van der Waals surface area (Å²) in [6.45, 7) is 1.73. The summed E-state index contributed by atoms with van der Waals surface area (Å²) in [5.74, 6) is -4.19. The number of amides is 1. The third-order valence-electron chi connectivity index (χ3n) is 8.75. The minimum Gasteiger partial charge on any atom is -0.355 e. The molecule has 4 heterocycles. The molecular formula is C27H23ClF3N7O. The molecule has 0 unspecified atom stereocenters. The molecule has 0 radical (unpaired) electrons. The van der Waals surface area contributed by atoms with Crippen LogP contribution in [0.3, 0.4) is 0 Å². The fourth-order valence-corrected chi connectivity index (χ4v) is 7.10. The van der Waals surface area contributed by atoms with Crippen LogP contribution < -0.4 is 15.5 Å². The Labute approximate surface area is 226 Å². The Hall–Kier alpha value is -3.70. The predicted molar refractivity (Wildman–Crippen MR) is 140 cm³/mol. The molecule has 2 aromatic carbocycles. The molecule has 0 spiro atoms. The molecule has 2 aromatic heterocycles. The van der Waals surface area contributed by atoms with E-state index in [0.29, 0.717) is 53.8 Å². The number of anilines is 2. The number of carbonyl (C=O) groups is 1. The minimum atomic E-state index is -3.73. The van der Waals surface area contributed by atoms with Gasteiger partial charge in [-0.25, -0.2) is 14.4 Å². The van der Waals surface area contributed by atoms with Crippen LogP contribution in [0.15, 0.2) is 42.6 Å². The average Bonchev–Trinajstić information content (AvgIpc) is 3.32. The number of carbonyl (C=O) groups excluding carboxylic acids is 1. The van der Waals surface area contributed by atoms with E-state index in [1.807, 2.05) is 12.1 Å². The fourth-order valence-electron chi connectivity index (χ4n) is 6.73. The van der Waals surface area contributed by atoms with Gasteiger partial charge in [-0.1, -0.05) is 29.8 Å². The molecule has 8 nitrogen and oxygen atoms in total. The van der Waals surface area contributed by atoms with Crippen molar-refractivity contribution < 1.29 is 18.0 Å².